The predicted octanol–water partition coefficient (Wildman–Crippen LogP) is 0.399. The largest absolute Gasteiger partial charge is 0.507 e. The van der Waals surface area contributed by atoms with Gasteiger partial charge in [0, 0.05) is 0 Å². The van der Waals surface area contributed by atoms with Crippen LogP contribution in [0.15, 0.2) is 12.0 Å². The second-order valence-electron chi connectivity index (χ2n) is 4.43. The molecule has 0 radical (unpaired) electrons. The number of nitrogens with zero attached hydrogens (tertiary/aromatic N) is 1. The van der Waals surface area contributed by atoms with Crippen LogP contribution in [0, 0.1) is 0 Å². The minimum atomic E-state index is -4.22. The zero-order valence-corrected chi connectivity index (χ0v) is 11.5. The average Bonchev–Trinajstić information content (AvgIpc) is 2.21. The lowest BCUT2D eigenvalue weighted by atomic mass is 10.5. The van der Waals surface area contributed by atoms with Crippen molar-refractivity contribution >= 4 is 14.3 Å². The molecule has 0 fully saturated rings. The van der Waals surface area contributed by atoms with Crippen LogP contribution in [0.4, 0.5) is 0 Å². The molecule has 0 bridgehead atoms. The smallest absolute Gasteiger partial charge is 0.472 e. The number of hydrogen-bond acceptors (Lipinski definition) is 6. The Kier molecular flexibility index (Phi) is 7.12. The van der Waals surface area contributed by atoms with E-state index in [-0.39, 0.29) is 13.1 Å². The van der Waals surface area contributed by atoms with Gasteiger partial charge in [0.25, 0.3) is 6.47 Å². The molecule has 2 N–H and O–H groups in total. The third-order valence-corrected chi connectivity index (χ3v) is 2.62. The van der Waals surface area contributed by atoms with Crippen molar-refractivity contribution in [3.63, 3.8) is 0 Å². The molecule has 0 spiro atoms. The molecular formula is C9H19NO7P+. The highest BCUT2D eigenvalue weighted by molar-refractivity contribution is 7.47. The summed E-state index contributed by atoms with van der Waals surface area (Å²) in [6, 6.07) is 0. The second kappa shape index (κ2) is 7.50. The van der Waals surface area contributed by atoms with Crippen LogP contribution >= 0.6 is 7.82 Å². The Morgan fingerprint density at radius 1 is 1.33 bits per heavy atom. The number of quaternary nitrogens is 1. The molecule has 0 aliphatic heterocycles. The fraction of sp³-hybridized carbons (Fsp3) is 0.667. The van der Waals surface area contributed by atoms with E-state index in [1.165, 1.54) is 0 Å². The number of ether oxygens (including phenoxy) is 1. The maximum absolute atomic E-state index is 11.3. The van der Waals surface area contributed by atoms with Gasteiger partial charge in [-0.3, -0.25) is 13.8 Å². The normalized spacial score (nSPS) is 16.1. The highest BCUT2D eigenvalue weighted by Crippen LogP contribution is 2.43. The number of aliphatic hydroxyl groups is 1. The summed E-state index contributed by atoms with van der Waals surface area (Å²) in [7, 11) is 1.48. The van der Waals surface area contributed by atoms with Crippen molar-refractivity contribution in [1.29, 1.82) is 0 Å². The van der Waals surface area contributed by atoms with Crippen LogP contribution < -0.4 is 0 Å². The number of phosphoric acid groups is 1. The summed E-state index contributed by atoms with van der Waals surface area (Å²) in [5.41, 5.74) is 0. The molecule has 106 valence electrons. The van der Waals surface area contributed by atoms with Gasteiger partial charge in [-0.2, -0.15) is 0 Å². The standard InChI is InChI=1S/C9H18NO7P/c1-10(2,3)4-5-16-18(13,14)17-7-9(12)6-15-8-11/h6,8H,4-5,7H2,1-3H3,(H-,12,13,14)/p+1/b9-6-. The van der Waals surface area contributed by atoms with Gasteiger partial charge in [0.15, 0.2) is 5.76 Å². The summed E-state index contributed by atoms with van der Waals surface area (Å²) in [5.74, 6) is -0.508. The summed E-state index contributed by atoms with van der Waals surface area (Å²) in [6.45, 7) is 0.0507. The number of rotatable bonds is 9. The molecule has 1 atom stereocenters. The van der Waals surface area contributed by atoms with Gasteiger partial charge in [0.2, 0.25) is 0 Å². The first-order chi connectivity index (χ1) is 8.16. The second-order valence-corrected chi connectivity index (χ2v) is 5.88. The summed E-state index contributed by atoms with van der Waals surface area (Å²) >= 11 is 0. The zero-order valence-electron chi connectivity index (χ0n) is 10.6. The molecule has 0 aliphatic carbocycles. The number of phosphoric ester groups is 1. The molecule has 0 heterocycles. The molecule has 8 nitrogen and oxygen atoms in total. The Morgan fingerprint density at radius 3 is 2.44 bits per heavy atom. The predicted molar refractivity (Wildman–Crippen MR) is 62.5 cm³/mol. The van der Waals surface area contributed by atoms with Gasteiger partial charge in [0.1, 0.15) is 26.0 Å². The fourth-order valence-electron chi connectivity index (χ4n) is 0.755. The fourth-order valence-corrected chi connectivity index (χ4v) is 1.44. The number of likely N-dealkylation sites (N-methyl/N-ethyl adjacent to an activating group) is 1. The first kappa shape index (κ1) is 17.1. The Hall–Kier alpha value is -0.920. The lowest BCUT2D eigenvalue weighted by Crippen LogP contribution is -2.37. The van der Waals surface area contributed by atoms with Crippen LogP contribution in [-0.4, -0.2) is 61.9 Å². The zero-order chi connectivity index (χ0) is 14.2. The van der Waals surface area contributed by atoms with Gasteiger partial charge in [-0.1, -0.05) is 0 Å². The number of hydrogen-bond donors (Lipinski definition) is 2. The van der Waals surface area contributed by atoms with Crippen molar-refractivity contribution < 1.29 is 37.6 Å². The first-order valence-electron chi connectivity index (χ1n) is 5.06. The van der Waals surface area contributed by atoms with E-state index in [0.29, 0.717) is 17.3 Å². The van der Waals surface area contributed by atoms with Gasteiger partial charge < -0.3 is 19.2 Å². The molecule has 0 aromatic rings. The van der Waals surface area contributed by atoms with Gasteiger partial charge in [0.05, 0.1) is 21.1 Å². The van der Waals surface area contributed by atoms with Crippen molar-refractivity contribution in [2.45, 2.75) is 0 Å². The number of carbonyl (C=O) groups excluding carboxylic acids is 1. The van der Waals surface area contributed by atoms with Crippen LogP contribution in [0.3, 0.4) is 0 Å². The number of aliphatic hydroxyl groups excluding tert-OH is 1. The molecule has 0 saturated heterocycles. The molecule has 9 heteroatoms. The third kappa shape index (κ3) is 10.2. The van der Waals surface area contributed by atoms with Gasteiger partial charge >= 0.3 is 7.82 Å². The van der Waals surface area contributed by atoms with E-state index < -0.39 is 20.2 Å². The highest BCUT2D eigenvalue weighted by atomic mass is 31.2. The Balaban J connectivity index is 4.01. The quantitative estimate of drug-likeness (QED) is 0.273. The minimum absolute atomic E-state index is 0.0343. The third-order valence-electron chi connectivity index (χ3n) is 1.65. The topological polar surface area (TPSA) is 102 Å². The minimum Gasteiger partial charge on any atom is -0.507 e. The molecule has 0 aromatic carbocycles. The average molecular weight is 284 g/mol. The van der Waals surface area contributed by atoms with E-state index in [9.17, 15) is 14.3 Å². The summed E-state index contributed by atoms with van der Waals surface area (Å²) in [5, 5.41) is 9.06. The Labute approximate surface area is 106 Å². The monoisotopic (exact) mass is 284 g/mol. The van der Waals surface area contributed by atoms with E-state index >= 15 is 0 Å². The van der Waals surface area contributed by atoms with Crippen LogP contribution in [0.5, 0.6) is 0 Å². The van der Waals surface area contributed by atoms with Crippen molar-refractivity contribution in [2.24, 2.45) is 0 Å². The molecule has 0 amide bonds. The van der Waals surface area contributed by atoms with Gasteiger partial charge in [-0.25, -0.2) is 4.57 Å². The molecule has 0 saturated carbocycles. The maximum Gasteiger partial charge on any atom is 0.472 e. The highest BCUT2D eigenvalue weighted by Gasteiger charge is 2.22. The number of carbonyl (C=O) groups is 1. The van der Waals surface area contributed by atoms with Crippen LogP contribution in [0.2, 0.25) is 0 Å². The Morgan fingerprint density at radius 2 is 1.94 bits per heavy atom. The molecule has 0 aromatic heterocycles. The van der Waals surface area contributed by atoms with Gasteiger partial charge in [-0.15, -0.1) is 0 Å². The van der Waals surface area contributed by atoms with Crippen molar-refractivity contribution in [2.75, 3.05) is 40.9 Å². The summed E-state index contributed by atoms with van der Waals surface area (Å²) < 4.78 is 25.2. The van der Waals surface area contributed by atoms with Crippen LogP contribution in [0.1, 0.15) is 0 Å². The first-order valence-corrected chi connectivity index (χ1v) is 6.55. The van der Waals surface area contributed by atoms with E-state index in [2.05, 4.69) is 13.8 Å². The molecule has 0 rings (SSSR count). The van der Waals surface area contributed by atoms with E-state index in [1.807, 2.05) is 21.1 Å². The lowest BCUT2D eigenvalue weighted by Gasteiger charge is -2.23. The van der Waals surface area contributed by atoms with Crippen molar-refractivity contribution in [3.05, 3.63) is 12.0 Å². The van der Waals surface area contributed by atoms with Crippen molar-refractivity contribution in [3.8, 4) is 0 Å². The van der Waals surface area contributed by atoms with Gasteiger partial charge in [-0.05, 0) is 0 Å². The van der Waals surface area contributed by atoms with E-state index in [1.54, 1.807) is 0 Å². The lowest BCUT2D eigenvalue weighted by molar-refractivity contribution is -0.870. The Bertz CT molecular complexity index is 336. The molecular weight excluding hydrogens is 265 g/mol. The molecule has 1 unspecified atom stereocenters. The van der Waals surface area contributed by atoms with Crippen LogP contribution in [0.25, 0.3) is 0 Å². The summed E-state index contributed by atoms with van der Waals surface area (Å²) in [4.78, 5) is 19.0. The maximum atomic E-state index is 11.3. The van der Waals surface area contributed by atoms with E-state index in [0.717, 1.165) is 0 Å². The summed E-state index contributed by atoms with van der Waals surface area (Å²) in [6.07, 6.45) is 0.693. The SMILES string of the molecule is C[N+](C)(C)CCOP(=O)(O)OC/C(O)=C/OC=O. The molecule has 18 heavy (non-hydrogen) atoms. The molecule has 0 aliphatic rings. The van der Waals surface area contributed by atoms with Crippen LogP contribution in [-0.2, 0) is 23.1 Å². The van der Waals surface area contributed by atoms with Crippen molar-refractivity contribution in [1.82, 2.24) is 0 Å². The van der Waals surface area contributed by atoms with E-state index in [4.69, 9.17) is 5.11 Å².